The van der Waals surface area contributed by atoms with Crippen LogP contribution in [0.3, 0.4) is 0 Å². The number of unbranched alkanes of at least 4 members (excludes halogenated alkanes) is 1. The molecule has 0 spiro atoms. The zero-order chi connectivity index (χ0) is 20.8. The molecule has 0 aliphatic carbocycles. The first-order valence-corrected chi connectivity index (χ1v) is 10.6. The molecule has 1 aliphatic heterocycles. The Morgan fingerprint density at radius 2 is 2.00 bits per heavy atom. The Bertz CT molecular complexity index is 1020. The van der Waals surface area contributed by atoms with Gasteiger partial charge in [-0.25, -0.2) is 4.79 Å². The van der Waals surface area contributed by atoms with Gasteiger partial charge in [0.15, 0.2) is 0 Å². The van der Waals surface area contributed by atoms with E-state index in [0.717, 1.165) is 36.7 Å². The maximum atomic E-state index is 11.4. The number of nitrogens with one attached hydrogen (secondary N) is 2. The highest BCUT2D eigenvalue weighted by Gasteiger charge is 2.16. The van der Waals surface area contributed by atoms with Crippen molar-refractivity contribution in [2.75, 3.05) is 13.7 Å². The number of aryl methyl sites for hydroxylation is 1. The van der Waals surface area contributed by atoms with Crippen molar-refractivity contribution in [1.82, 2.24) is 10.3 Å². The predicted octanol–water partition coefficient (Wildman–Crippen LogP) is 5.47. The van der Waals surface area contributed by atoms with Crippen molar-refractivity contribution < 1.29 is 14.3 Å². The Kier molecular flexibility index (Phi) is 6.50. The second-order valence-corrected chi connectivity index (χ2v) is 7.73. The fourth-order valence-electron chi connectivity index (χ4n) is 4.13. The summed E-state index contributed by atoms with van der Waals surface area (Å²) in [7, 11) is 1.31. The molecule has 2 aromatic carbocycles. The minimum atomic E-state index is -0.699. The Hall–Kier alpha value is -3.05. The van der Waals surface area contributed by atoms with Crippen LogP contribution < -0.4 is 10.1 Å². The van der Waals surface area contributed by atoms with Gasteiger partial charge in [-0.3, -0.25) is 0 Å². The lowest BCUT2D eigenvalue weighted by Gasteiger charge is -2.24. The van der Waals surface area contributed by atoms with Gasteiger partial charge in [0, 0.05) is 29.7 Å². The largest absolute Gasteiger partial charge is 0.513 e. The Morgan fingerprint density at radius 3 is 2.83 bits per heavy atom. The molecule has 0 bridgehead atoms. The molecule has 0 saturated carbocycles. The van der Waals surface area contributed by atoms with Crippen molar-refractivity contribution >= 4 is 22.6 Å². The van der Waals surface area contributed by atoms with Crippen LogP contribution in [0.2, 0.25) is 0 Å². The van der Waals surface area contributed by atoms with E-state index in [9.17, 15) is 4.79 Å². The molecule has 5 heteroatoms. The number of hydrogen-bond acceptors (Lipinski definition) is 4. The summed E-state index contributed by atoms with van der Waals surface area (Å²) in [4.78, 5) is 14.7. The summed E-state index contributed by atoms with van der Waals surface area (Å²) < 4.78 is 9.73. The lowest BCUT2D eigenvalue weighted by atomic mass is 9.92. The number of carbonyl (C=O) groups excluding carboxylic acids is 1. The first-order chi connectivity index (χ1) is 14.7. The van der Waals surface area contributed by atoms with Gasteiger partial charge >= 0.3 is 6.16 Å². The third-order valence-corrected chi connectivity index (χ3v) is 5.72. The molecule has 1 aromatic heterocycles. The van der Waals surface area contributed by atoms with Gasteiger partial charge in [-0.2, -0.15) is 0 Å². The van der Waals surface area contributed by atoms with Gasteiger partial charge in [0.25, 0.3) is 0 Å². The molecule has 2 heterocycles. The zero-order valence-electron chi connectivity index (χ0n) is 17.3. The SMILES string of the molecule is COC(=O)Oc1ccc2[nH]cc(CCCCC3CC(c4ccccc4)=CCN3)c2c1. The lowest BCUT2D eigenvalue weighted by molar-refractivity contribution is 0.121. The van der Waals surface area contributed by atoms with E-state index in [1.807, 2.05) is 12.1 Å². The average molecular weight is 405 g/mol. The summed E-state index contributed by atoms with van der Waals surface area (Å²) >= 11 is 0. The molecule has 0 saturated heterocycles. The summed E-state index contributed by atoms with van der Waals surface area (Å²) in [6.45, 7) is 0.945. The number of hydrogen-bond donors (Lipinski definition) is 2. The maximum absolute atomic E-state index is 11.4. The van der Waals surface area contributed by atoms with Crippen LogP contribution in [0.15, 0.2) is 60.8 Å². The number of aromatic amines is 1. The fourth-order valence-corrected chi connectivity index (χ4v) is 4.13. The molecule has 4 rings (SSSR count). The van der Waals surface area contributed by atoms with Crippen molar-refractivity contribution in [3.8, 4) is 5.75 Å². The van der Waals surface area contributed by atoms with Gasteiger partial charge in [0.1, 0.15) is 5.75 Å². The Labute approximate surface area is 177 Å². The number of fused-ring (bicyclic) bond motifs is 1. The molecule has 0 fully saturated rings. The molecule has 2 N–H and O–H groups in total. The average Bonchev–Trinajstić information content (AvgIpc) is 3.19. The van der Waals surface area contributed by atoms with E-state index < -0.39 is 6.16 Å². The molecule has 1 aliphatic rings. The van der Waals surface area contributed by atoms with E-state index >= 15 is 0 Å². The van der Waals surface area contributed by atoms with E-state index in [1.165, 1.54) is 36.7 Å². The fraction of sp³-hybridized carbons (Fsp3) is 0.320. The van der Waals surface area contributed by atoms with Gasteiger partial charge in [-0.1, -0.05) is 42.8 Å². The van der Waals surface area contributed by atoms with Crippen molar-refractivity contribution in [1.29, 1.82) is 0 Å². The van der Waals surface area contributed by atoms with Gasteiger partial charge in [-0.15, -0.1) is 0 Å². The number of carbonyl (C=O) groups is 1. The second-order valence-electron chi connectivity index (χ2n) is 7.73. The third kappa shape index (κ3) is 4.92. The van der Waals surface area contributed by atoms with Crippen LogP contribution in [0.25, 0.3) is 16.5 Å². The molecular weight excluding hydrogens is 376 g/mol. The summed E-state index contributed by atoms with van der Waals surface area (Å²) in [6.07, 6.45) is 9.22. The predicted molar refractivity (Wildman–Crippen MR) is 120 cm³/mol. The van der Waals surface area contributed by atoms with E-state index in [0.29, 0.717) is 11.8 Å². The van der Waals surface area contributed by atoms with Crippen LogP contribution in [-0.4, -0.2) is 30.8 Å². The third-order valence-electron chi connectivity index (χ3n) is 5.72. The van der Waals surface area contributed by atoms with E-state index in [4.69, 9.17) is 4.74 Å². The number of aromatic nitrogens is 1. The Morgan fingerprint density at radius 1 is 1.13 bits per heavy atom. The highest BCUT2D eigenvalue weighted by atomic mass is 16.7. The quantitative estimate of drug-likeness (QED) is 0.311. The normalized spacial score (nSPS) is 16.3. The van der Waals surface area contributed by atoms with Crippen LogP contribution in [0, 0.1) is 0 Å². The number of rotatable bonds is 7. The molecular formula is C25H28N2O3. The molecule has 1 atom stereocenters. The Balaban J connectivity index is 1.29. The number of ether oxygens (including phenoxy) is 2. The standard InChI is InChI=1S/C25H28N2O3/c1-29-25(28)30-22-11-12-24-23(16-22)20(17-27-24)9-5-6-10-21-15-19(13-14-26-21)18-7-3-2-4-8-18/h2-4,7-8,11-13,16-17,21,26-27H,5-6,9-10,14-15H2,1H3. The molecule has 30 heavy (non-hydrogen) atoms. The molecule has 1 unspecified atom stereocenters. The number of H-pyrrole nitrogens is 1. The summed E-state index contributed by atoms with van der Waals surface area (Å²) in [5.41, 5.74) is 5.09. The molecule has 156 valence electrons. The zero-order valence-corrected chi connectivity index (χ0v) is 17.3. The summed E-state index contributed by atoms with van der Waals surface area (Å²) in [6, 6.07) is 16.8. The van der Waals surface area contributed by atoms with Crippen LogP contribution in [0.4, 0.5) is 4.79 Å². The van der Waals surface area contributed by atoms with E-state index in [2.05, 4.69) is 57.6 Å². The summed E-state index contributed by atoms with van der Waals surface area (Å²) in [5, 5.41) is 4.73. The van der Waals surface area contributed by atoms with Crippen LogP contribution in [-0.2, 0) is 11.2 Å². The molecule has 0 amide bonds. The van der Waals surface area contributed by atoms with Gasteiger partial charge in [0.05, 0.1) is 7.11 Å². The van der Waals surface area contributed by atoms with Gasteiger partial charge in [0.2, 0.25) is 0 Å². The van der Waals surface area contributed by atoms with Crippen LogP contribution >= 0.6 is 0 Å². The van der Waals surface area contributed by atoms with Gasteiger partial charge < -0.3 is 19.8 Å². The molecule has 3 aromatic rings. The monoisotopic (exact) mass is 404 g/mol. The van der Waals surface area contributed by atoms with Gasteiger partial charge in [-0.05, 0) is 60.6 Å². The smallest absolute Gasteiger partial charge is 0.437 e. The first-order valence-electron chi connectivity index (χ1n) is 10.6. The van der Waals surface area contributed by atoms with Crippen molar-refractivity contribution in [3.63, 3.8) is 0 Å². The topological polar surface area (TPSA) is 63.4 Å². The minimum Gasteiger partial charge on any atom is -0.437 e. The van der Waals surface area contributed by atoms with Crippen molar-refractivity contribution in [3.05, 3.63) is 71.9 Å². The molecule has 0 radical (unpaired) electrons. The lowest BCUT2D eigenvalue weighted by Crippen LogP contribution is -2.32. The number of benzene rings is 2. The van der Waals surface area contributed by atoms with Crippen LogP contribution in [0.1, 0.15) is 36.8 Å². The highest BCUT2D eigenvalue weighted by Crippen LogP contribution is 2.27. The van der Waals surface area contributed by atoms with E-state index in [-0.39, 0.29) is 0 Å². The highest BCUT2D eigenvalue weighted by molar-refractivity contribution is 5.85. The second kappa shape index (κ2) is 9.63. The summed E-state index contributed by atoms with van der Waals surface area (Å²) in [5.74, 6) is 0.502. The maximum Gasteiger partial charge on any atom is 0.513 e. The number of methoxy groups -OCH3 is 1. The molecule has 5 nitrogen and oxygen atoms in total. The van der Waals surface area contributed by atoms with Crippen molar-refractivity contribution in [2.24, 2.45) is 0 Å². The van der Waals surface area contributed by atoms with Crippen molar-refractivity contribution in [2.45, 2.75) is 38.1 Å². The first kappa shape index (κ1) is 20.2. The van der Waals surface area contributed by atoms with Crippen LogP contribution in [0.5, 0.6) is 5.75 Å². The van der Waals surface area contributed by atoms with E-state index in [1.54, 1.807) is 6.07 Å². The minimum absolute atomic E-state index is 0.502.